The lowest BCUT2D eigenvalue weighted by Gasteiger charge is -2.29. The SMILES string of the molecule is Cc1ccc(-c2ccc(N(C(C(=O)O)C(C)C)S(=O)O)cc2)cc1. The molecule has 6 heteroatoms. The lowest BCUT2D eigenvalue weighted by molar-refractivity contribution is -0.139. The molecule has 0 amide bonds. The zero-order valence-corrected chi connectivity index (χ0v) is 14.7. The van der Waals surface area contributed by atoms with Crippen LogP contribution in [0.5, 0.6) is 0 Å². The summed E-state index contributed by atoms with van der Waals surface area (Å²) in [6.07, 6.45) is 0. The van der Waals surface area contributed by atoms with Crippen molar-refractivity contribution < 1.29 is 18.7 Å². The minimum Gasteiger partial charge on any atom is -0.480 e. The standard InChI is InChI=1S/C18H21NO4S/c1-12(2)17(18(20)21)19(24(22)23)16-10-8-15(9-11-16)14-6-4-13(3)5-7-14/h4-12,17H,1-3H3,(H,20,21)(H,22,23). The van der Waals surface area contributed by atoms with Crippen molar-refractivity contribution in [2.75, 3.05) is 4.31 Å². The average Bonchev–Trinajstić information content (AvgIpc) is 2.52. The molecule has 0 bridgehead atoms. The summed E-state index contributed by atoms with van der Waals surface area (Å²) in [5, 5.41) is 9.40. The van der Waals surface area contributed by atoms with Gasteiger partial charge in [-0.2, -0.15) is 0 Å². The van der Waals surface area contributed by atoms with E-state index in [0.717, 1.165) is 15.4 Å². The smallest absolute Gasteiger partial charge is 0.327 e. The van der Waals surface area contributed by atoms with Gasteiger partial charge in [0.15, 0.2) is 0 Å². The fourth-order valence-corrected chi connectivity index (χ4v) is 3.38. The van der Waals surface area contributed by atoms with E-state index in [0.29, 0.717) is 5.69 Å². The van der Waals surface area contributed by atoms with Gasteiger partial charge in [-0.3, -0.25) is 8.86 Å². The van der Waals surface area contributed by atoms with E-state index in [4.69, 9.17) is 0 Å². The molecule has 0 heterocycles. The number of aryl methyl sites for hydroxylation is 1. The Hall–Kier alpha value is -2.18. The number of rotatable bonds is 6. The number of carboxylic acid groups (broad SMARTS) is 1. The van der Waals surface area contributed by atoms with Gasteiger partial charge in [-0.25, -0.2) is 9.00 Å². The molecule has 24 heavy (non-hydrogen) atoms. The van der Waals surface area contributed by atoms with Gasteiger partial charge >= 0.3 is 5.97 Å². The zero-order chi connectivity index (χ0) is 17.9. The highest BCUT2D eigenvalue weighted by Gasteiger charge is 2.32. The molecule has 0 saturated heterocycles. The van der Waals surface area contributed by atoms with Gasteiger partial charge in [0.05, 0.1) is 5.69 Å². The van der Waals surface area contributed by atoms with Crippen molar-refractivity contribution in [2.45, 2.75) is 26.8 Å². The van der Waals surface area contributed by atoms with E-state index in [1.165, 1.54) is 5.56 Å². The molecule has 5 nitrogen and oxygen atoms in total. The van der Waals surface area contributed by atoms with Crippen LogP contribution in [0.15, 0.2) is 48.5 Å². The van der Waals surface area contributed by atoms with Crippen LogP contribution in [0, 0.1) is 12.8 Å². The second kappa shape index (κ2) is 7.59. The predicted molar refractivity (Wildman–Crippen MR) is 96.1 cm³/mol. The molecule has 0 aliphatic rings. The first-order chi connectivity index (χ1) is 11.3. The van der Waals surface area contributed by atoms with E-state index in [-0.39, 0.29) is 5.92 Å². The number of hydrogen-bond acceptors (Lipinski definition) is 2. The first kappa shape index (κ1) is 18.2. The summed E-state index contributed by atoms with van der Waals surface area (Å²) in [5.74, 6) is -1.45. The third-order valence-electron chi connectivity index (χ3n) is 3.81. The molecular formula is C18H21NO4S. The van der Waals surface area contributed by atoms with E-state index in [2.05, 4.69) is 0 Å². The zero-order valence-electron chi connectivity index (χ0n) is 13.8. The van der Waals surface area contributed by atoms with Crippen LogP contribution < -0.4 is 4.31 Å². The summed E-state index contributed by atoms with van der Waals surface area (Å²) in [6, 6.07) is 13.9. The van der Waals surface area contributed by atoms with Crippen LogP contribution >= 0.6 is 0 Å². The van der Waals surface area contributed by atoms with Gasteiger partial charge < -0.3 is 5.11 Å². The van der Waals surface area contributed by atoms with Crippen molar-refractivity contribution in [1.82, 2.24) is 0 Å². The third-order valence-corrected chi connectivity index (χ3v) is 4.59. The Kier molecular flexibility index (Phi) is 5.75. The molecule has 0 spiro atoms. The van der Waals surface area contributed by atoms with Crippen molar-refractivity contribution in [1.29, 1.82) is 0 Å². The summed E-state index contributed by atoms with van der Waals surface area (Å²) in [7, 11) is 0. The fraction of sp³-hybridized carbons (Fsp3) is 0.278. The van der Waals surface area contributed by atoms with Crippen LogP contribution in [0.25, 0.3) is 11.1 Å². The highest BCUT2D eigenvalue weighted by molar-refractivity contribution is 7.80. The Labute approximate surface area is 144 Å². The first-order valence-electron chi connectivity index (χ1n) is 7.61. The average molecular weight is 347 g/mol. The summed E-state index contributed by atoms with van der Waals surface area (Å²) >= 11 is -2.43. The van der Waals surface area contributed by atoms with Gasteiger partial charge in [-0.05, 0) is 36.1 Å². The van der Waals surface area contributed by atoms with Crippen molar-refractivity contribution in [3.05, 3.63) is 54.1 Å². The Morgan fingerprint density at radius 3 is 1.83 bits per heavy atom. The summed E-state index contributed by atoms with van der Waals surface area (Å²) in [6.45, 7) is 5.43. The molecule has 0 fully saturated rings. The lowest BCUT2D eigenvalue weighted by atomic mass is 10.0. The Bertz CT molecular complexity index is 726. The first-order valence-corrected chi connectivity index (χ1v) is 8.67. The van der Waals surface area contributed by atoms with Crippen LogP contribution in [0.1, 0.15) is 19.4 Å². The van der Waals surface area contributed by atoms with Gasteiger partial charge in [-0.15, -0.1) is 0 Å². The maximum absolute atomic E-state index is 11.7. The molecule has 2 unspecified atom stereocenters. The van der Waals surface area contributed by atoms with E-state index >= 15 is 0 Å². The molecular weight excluding hydrogens is 326 g/mol. The largest absolute Gasteiger partial charge is 0.480 e. The summed E-state index contributed by atoms with van der Waals surface area (Å²) in [4.78, 5) is 11.5. The molecule has 2 aromatic rings. The van der Waals surface area contributed by atoms with Gasteiger partial charge in [0.2, 0.25) is 0 Å². The molecule has 0 aromatic heterocycles. The number of hydrogen-bond donors (Lipinski definition) is 2. The molecule has 2 N–H and O–H groups in total. The quantitative estimate of drug-likeness (QED) is 0.781. The van der Waals surface area contributed by atoms with Crippen molar-refractivity contribution in [2.24, 2.45) is 5.92 Å². The fourth-order valence-electron chi connectivity index (χ4n) is 2.55. The topological polar surface area (TPSA) is 77.8 Å². The van der Waals surface area contributed by atoms with Crippen LogP contribution in [-0.4, -0.2) is 25.9 Å². The van der Waals surface area contributed by atoms with Crippen LogP contribution in [-0.2, 0) is 16.1 Å². The Morgan fingerprint density at radius 1 is 1.00 bits per heavy atom. The van der Waals surface area contributed by atoms with Crippen molar-refractivity contribution >= 4 is 22.9 Å². The molecule has 0 aliphatic heterocycles. The summed E-state index contributed by atoms with van der Waals surface area (Å²) in [5.41, 5.74) is 3.55. The lowest BCUT2D eigenvalue weighted by Crippen LogP contribution is -2.45. The number of carboxylic acids is 1. The van der Waals surface area contributed by atoms with Gasteiger partial charge in [-0.1, -0.05) is 55.8 Å². The number of aliphatic carboxylic acids is 1. The Morgan fingerprint density at radius 2 is 1.46 bits per heavy atom. The van der Waals surface area contributed by atoms with Crippen molar-refractivity contribution in [3.63, 3.8) is 0 Å². The minimum atomic E-state index is -2.43. The second-order valence-electron chi connectivity index (χ2n) is 6.00. The third kappa shape index (κ3) is 4.01. The molecule has 128 valence electrons. The molecule has 0 radical (unpaired) electrons. The monoisotopic (exact) mass is 347 g/mol. The Balaban J connectivity index is 2.37. The maximum atomic E-state index is 11.7. The molecule has 2 atom stereocenters. The van der Waals surface area contributed by atoms with Gasteiger partial charge in [0.1, 0.15) is 6.04 Å². The van der Waals surface area contributed by atoms with Crippen LogP contribution in [0.4, 0.5) is 5.69 Å². The molecule has 0 aliphatic carbocycles. The normalized spacial score (nSPS) is 13.5. The maximum Gasteiger partial charge on any atom is 0.327 e. The van der Waals surface area contributed by atoms with Crippen LogP contribution in [0.3, 0.4) is 0 Å². The highest BCUT2D eigenvalue weighted by atomic mass is 32.2. The highest BCUT2D eigenvalue weighted by Crippen LogP contribution is 2.27. The van der Waals surface area contributed by atoms with Crippen molar-refractivity contribution in [3.8, 4) is 11.1 Å². The molecule has 0 saturated carbocycles. The molecule has 2 aromatic carbocycles. The van der Waals surface area contributed by atoms with E-state index < -0.39 is 23.3 Å². The van der Waals surface area contributed by atoms with Crippen LogP contribution in [0.2, 0.25) is 0 Å². The number of benzene rings is 2. The number of anilines is 1. The predicted octanol–water partition coefficient (Wildman–Crippen LogP) is 3.71. The number of nitrogens with zero attached hydrogens (tertiary/aromatic N) is 1. The van der Waals surface area contributed by atoms with E-state index in [1.54, 1.807) is 26.0 Å². The number of carbonyl (C=O) groups is 1. The van der Waals surface area contributed by atoms with E-state index in [1.807, 2.05) is 43.3 Å². The summed E-state index contributed by atoms with van der Waals surface area (Å²) < 4.78 is 22.3. The molecule has 2 rings (SSSR count). The second-order valence-corrected chi connectivity index (χ2v) is 6.85. The van der Waals surface area contributed by atoms with Gasteiger partial charge in [0.25, 0.3) is 11.3 Å². The van der Waals surface area contributed by atoms with Gasteiger partial charge in [0, 0.05) is 0 Å². The van der Waals surface area contributed by atoms with E-state index in [9.17, 15) is 18.7 Å². The minimum absolute atomic E-state index is 0.324.